The zero-order valence-electron chi connectivity index (χ0n) is 27.4. The molecule has 50 heavy (non-hydrogen) atoms. The lowest BCUT2D eigenvalue weighted by atomic mass is 9.88. The van der Waals surface area contributed by atoms with Gasteiger partial charge in [0.15, 0.2) is 0 Å². The molecule has 0 radical (unpaired) electrons. The van der Waals surface area contributed by atoms with Crippen molar-refractivity contribution in [3.63, 3.8) is 0 Å². The number of para-hydroxylation sites is 3. The summed E-state index contributed by atoms with van der Waals surface area (Å²) in [6.45, 7) is 0. The standard InChI is InChI=1S/C48H33NO/c1-3-15-34(16-4-1)35-27-29-36(30-28-35)39-19-7-8-20-40(39)41-21-9-10-22-42(41)43-23-11-13-25-46(43)49(37-17-5-2-6-18-37)38-31-32-45-44-24-12-14-26-47(44)50-48(45)33-38/h1-33H. The highest BCUT2D eigenvalue weighted by Crippen LogP contribution is 2.46. The third-order valence-corrected chi connectivity index (χ3v) is 9.52. The molecule has 9 aromatic rings. The van der Waals surface area contributed by atoms with Crippen molar-refractivity contribution in [3.8, 4) is 44.5 Å². The molecule has 2 nitrogen and oxygen atoms in total. The van der Waals surface area contributed by atoms with E-state index in [1.54, 1.807) is 0 Å². The van der Waals surface area contributed by atoms with Crippen LogP contribution in [0.1, 0.15) is 0 Å². The van der Waals surface area contributed by atoms with Crippen LogP contribution >= 0.6 is 0 Å². The Hall–Kier alpha value is -6.64. The van der Waals surface area contributed by atoms with E-state index in [0.29, 0.717) is 0 Å². The topological polar surface area (TPSA) is 16.4 Å². The molecule has 1 aromatic heterocycles. The largest absolute Gasteiger partial charge is 0.456 e. The second-order valence-corrected chi connectivity index (χ2v) is 12.5. The van der Waals surface area contributed by atoms with Crippen LogP contribution in [-0.4, -0.2) is 0 Å². The summed E-state index contributed by atoms with van der Waals surface area (Å²) in [4.78, 5) is 2.34. The lowest BCUT2D eigenvalue weighted by molar-refractivity contribution is 0.669. The Kier molecular flexibility index (Phi) is 7.53. The number of benzene rings is 8. The van der Waals surface area contributed by atoms with E-state index in [1.807, 2.05) is 12.1 Å². The van der Waals surface area contributed by atoms with Crippen molar-refractivity contribution < 1.29 is 4.42 Å². The second kappa shape index (κ2) is 12.8. The number of fused-ring (bicyclic) bond motifs is 3. The maximum atomic E-state index is 6.37. The molecule has 0 spiro atoms. The zero-order valence-corrected chi connectivity index (χ0v) is 27.4. The maximum absolute atomic E-state index is 6.37. The number of anilines is 3. The van der Waals surface area contributed by atoms with Gasteiger partial charge in [-0.2, -0.15) is 0 Å². The van der Waals surface area contributed by atoms with E-state index in [-0.39, 0.29) is 0 Å². The number of furan rings is 1. The lowest BCUT2D eigenvalue weighted by Gasteiger charge is -2.28. The molecule has 0 fully saturated rings. The van der Waals surface area contributed by atoms with Crippen molar-refractivity contribution in [2.24, 2.45) is 0 Å². The number of hydrogen-bond acceptors (Lipinski definition) is 2. The first-order chi connectivity index (χ1) is 24.8. The van der Waals surface area contributed by atoms with E-state index in [9.17, 15) is 0 Å². The summed E-state index contributed by atoms with van der Waals surface area (Å²) in [5, 5.41) is 2.24. The second-order valence-electron chi connectivity index (χ2n) is 12.5. The van der Waals surface area contributed by atoms with E-state index < -0.39 is 0 Å². The van der Waals surface area contributed by atoms with E-state index in [2.05, 4.69) is 193 Å². The first-order valence-corrected chi connectivity index (χ1v) is 17.0. The highest BCUT2D eigenvalue weighted by Gasteiger charge is 2.21. The SMILES string of the molecule is c1ccc(-c2ccc(-c3ccccc3-c3ccccc3-c3ccccc3N(c3ccccc3)c3ccc4c(c3)oc3ccccc34)cc2)cc1. The molecule has 0 aliphatic heterocycles. The van der Waals surface area contributed by atoms with Crippen LogP contribution in [0.4, 0.5) is 17.1 Å². The van der Waals surface area contributed by atoms with Crippen LogP contribution in [0.3, 0.4) is 0 Å². The molecule has 2 heteroatoms. The highest BCUT2D eigenvalue weighted by molar-refractivity contribution is 6.06. The lowest BCUT2D eigenvalue weighted by Crippen LogP contribution is -2.11. The van der Waals surface area contributed by atoms with Crippen LogP contribution in [0.25, 0.3) is 66.4 Å². The predicted molar refractivity (Wildman–Crippen MR) is 210 cm³/mol. The van der Waals surface area contributed by atoms with Crippen LogP contribution in [0, 0.1) is 0 Å². The normalized spacial score (nSPS) is 11.2. The Balaban J connectivity index is 1.19. The summed E-state index contributed by atoms with van der Waals surface area (Å²) in [7, 11) is 0. The molecule has 0 saturated carbocycles. The molecule has 236 valence electrons. The van der Waals surface area contributed by atoms with Gasteiger partial charge in [0, 0.05) is 33.8 Å². The van der Waals surface area contributed by atoms with Crippen LogP contribution in [0.5, 0.6) is 0 Å². The average Bonchev–Trinajstić information content (AvgIpc) is 3.57. The van der Waals surface area contributed by atoms with Crippen molar-refractivity contribution in [3.05, 3.63) is 200 Å². The van der Waals surface area contributed by atoms with Gasteiger partial charge in [0.1, 0.15) is 11.2 Å². The Labute approximate surface area is 292 Å². The van der Waals surface area contributed by atoms with Crippen molar-refractivity contribution in [2.75, 3.05) is 4.90 Å². The Morgan fingerprint density at radius 1 is 0.300 bits per heavy atom. The first kappa shape index (κ1) is 29.5. The van der Waals surface area contributed by atoms with Gasteiger partial charge in [-0.15, -0.1) is 0 Å². The van der Waals surface area contributed by atoms with Gasteiger partial charge in [0.05, 0.1) is 5.69 Å². The fourth-order valence-corrected chi connectivity index (χ4v) is 7.15. The Morgan fingerprint density at radius 2 is 0.800 bits per heavy atom. The van der Waals surface area contributed by atoms with Gasteiger partial charge in [0.25, 0.3) is 0 Å². The van der Waals surface area contributed by atoms with Crippen molar-refractivity contribution in [1.82, 2.24) is 0 Å². The van der Waals surface area contributed by atoms with E-state index in [0.717, 1.165) is 44.6 Å². The number of hydrogen-bond donors (Lipinski definition) is 0. The van der Waals surface area contributed by atoms with Crippen LogP contribution in [0.2, 0.25) is 0 Å². The Bertz CT molecular complexity index is 2580. The maximum Gasteiger partial charge on any atom is 0.137 e. The molecule has 0 aliphatic carbocycles. The summed E-state index contributed by atoms with van der Waals surface area (Å²) < 4.78 is 6.37. The van der Waals surface area contributed by atoms with Crippen LogP contribution < -0.4 is 4.90 Å². The van der Waals surface area contributed by atoms with E-state index >= 15 is 0 Å². The van der Waals surface area contributed by atoms with Gasteiger partial charge in [-0.05, 0) is 75.3 Å². The summed E-state index contributed by atoms with van der Waals surface area (Å²) >= 11 is 0. The minimum atomic E-state index is 0.870. The van der Waals surface area contributed by atoms with E-state index in [1.165, 1.54) is 38.9 Å². The molecule has 0 unspecified atom stereocenters. The average molecular weight is 640 g/mol. The van der Waals surface area contributed by atoms with Crippen molar-refractivity contribution in [1.29, 1.82) is 0 Å². The van der Waals surface area contributed by atoms with Crippen molar-refractivity contribution >= 4 is 39.0 Å². The first-order valence-electron chi connectivity index (χ1n) is 17.0. The molecule has 9 rings (SSSR count). The zero-order chi connectivity index (χ0) is 33.3. The highest BCUT2D eigenvalue weighted by atomic mass is 16.3. The van der Waals surface area contributed by atoms with Gasteiger partial charge < -0.3 is 9.32 Å². The number of rotatable bonds is 7. The smallest absolute Gasteiger partial charge is 0.137 e. The van der Waals surface area contributed by atoms with Gasteiger partial charge in [0.2, 0.25) is 0 Å². The molecule has 0 atom stereocenters. The summed E-state index contributed by atoms with van der Waals surface area (Å²) in [5.41, 5.74) is 14.5. The fraction of sp³-hybridized carbons (Fsp3) is 0. The van der Waals surface area contributed by atoms with Gasteiger partial charge in [-0.3, -0.25) is 0 Å². The fourth-order valence-electron chi connectivity index (χ4n) is 7.15. The third kappa shape index (κ3) is 5.34. The third-order valence-electron chi connectivity index (χ3n) is 9.52. The predicted octanol–water partition coefficient (Wildman–Crippen LogP) is 13.7. The molecule has 0 aliphatic rings. The van der Waals surface area contributed by atoms with Crippen LogP contribution in [-0.2, 0) is 0 Å². The van der Waals surface area contributed by atoms with E-state index in [4.69, 9.17) is 4.42 Å². The van der Waals surface area contributed by atoms with Crippen LogP contribution in [0.15, 0.2) is 205 Å². The quantitative estimate of drug-likeness (QED) is 0.173. The molecular formula is C48H33NO. The monoisotopic (exact) mass is 639 g/mol. The minimum Gasteiger partial charge on any atom is -0.456 e. The molecular weight excluding hydrogens is 607 g/mol. The number of nitrogens with zero attached hydrogens (tertiary/aromatic N) is 1. The molecule has 8 aromatic carbocycles. The molecule has 0 saturated heterocycles. The summed E-state index contributed by atoms with van der Waals surface area (Å²) in [5.74, 6) is 0. The summed E-state index contributed by atoms with van der Waals surface area (Å²) in [6, 6.07) is 71.1. The van der Waals surface area contributed by atoms with Gasteiger partial charge in [-0.25, -0.2) is 0 Å². The molecule has 0 N–H and O–H groups in total. The Morgan fingerprint density at radius 3 is 1.54 bits per heavy atom. The van der Waals surface area contributed by atoms with Gasteiger partial charge in [-0.1, -0.05) is 158 Å². The minimum absolute atomic E-state index is 0.870. The van der Waals surface area contributed by atoms with Gasteiger partial charge >= 0.3 is 0 Å². The molecule has 0 amide bonds. The summed E-state index contributed by atoms with van der Waals surface area (Å²) in [6.07, 6.45) is 0. The molecule has 1 heterocycles. The molecule has 0 bridgehead atoms. The van der Waals surface area contributed by atoms with Crippen molar-refractivity contribution in [2.45, 2.75) is 0 Å².